The Balaban J connectivity index is 1.67. The Labute approximate surface area is 154 Å². The Hall–Kier alpha value is -2.82. The lowest BCUT2D eigenvalue weighted by Crippen LogP contribution is -2.36. The number of anilines is 3. The number of amides is 2. The summed E-state index contributed by atoms with van der Waals surface area (Å²) in [4.78, 5) is 26.3. The van der Waals surface area contributed by atoms with Crippen molar-refractivity contribution in [2.45, 2.75) is 33.1 Å². The van der Waals surface area contributed by atoms with Crippen LogP contribution < -0.4 is 15.5 Å². The largest absolute Gasteiger partial charge is 0.362 e. The van der Waals surface area contributed by atoms with Crippen molar-refractivity contribution in [3.05, 3.63) is 53.6 Å². The van der Waals surface area contributed by atoms with Crippen LogP contribution in [0.4, 0.5) is 17.1 Å². The van der Waals surface area contributed by atoms with E-state index >= 15 is 0 Å². The van der Waals surface area contributed by atoms with Crippen LogP contribution in [0.15, 0.2) is 42.5 Å². The number of aryl methyl sites for hydroxylation is 2. The zero-order chi connectivity index (χ0) is 18.5. The van der Waals surface area contributed by atoms with Gasteiger partial charge in [-0.1, -0.05) is 31.2 Å². The van der Waals surface area contributed by atoms with E-state index in [9.17, 15) is 9.59 Å². The van der Waals surface area contributed by atoms with E-state index in [4.69, 9.17) is 0 Å². The number of para-hydroxylation sites is 1. The second-order valence-electron chi connectivity index (χ2n) is 6.63. The molecular weight excluding hydrogens is 326 g/mol. The Morgan fingerprint density at radius 1 is 1.08 bits per heavy atom. The molecule has 5 nitrogen and oxygen atoms in total. The fourth-order valence-electron chi connectivity index (χ4n) is 3.22. The Morgan fingerprint density at radius 2 is 1.88 bits per heavy atom. The molecule has 1 heterocycles. The van der Waals surface area contributed by atoms with Crippen molar-refractivity contribution < 1.29 is 9.59 Å². The lowest BCUT2D eigenvalue weighted by Gasteiger charge is -2.30. The standard InChI is InChI=1S/C21H25N3O2/c1-3-20(25)23-18-13-17(11-10-15(18)2)22-21(26)14-24-12-6-8-16-7-4-5-9-19(16)24/h4-5,7,9-11,13H,3,6,8,12,14H2,1-2H3,(H,22,26)(H,23,25). The van der Waals surface area contributed by atoms with Gasteiger partial charge in [0.2, 0.25) is 11.8 Å². The number of hydrogen-bond acceptors (Lipinski definition) is 3. The molecule has 2 aromatic carbocycles. The van der Waals surface area contributed by atoms with Crippen LogP contribution in [0.25, 0.3) is 0 Å². The summed E-state index contributed by atoms with van der Waals surface area (Å²) in [5.74, 6) is -0.0974. The van der Waals surface area contributed by atoms with Gasteiger partial charge in [0, 0.05) is 30.0 Å². The van der Waals surface area contributed by atoms with Crippen LogP contribution in [-0.4, -0.2) is 24.9 Å². The molecule has 0 bridgehead atoms. The van der Waals surface area contributed by atoms with Gasteiger partial charge in [0.15, 0.2) is 0 Å². The highest BCUT2D eigenvalue weighted by atomic mass is 16.2. The quantitative estimate of drug-likeness (QED) is 0.863. The summed E-state index contributed by atoms with van der Waals surface area (Å²) < 4.78 is 0. The van der Waals surface area contributed by atoms with Crippen LogP contribution in [0, 0.1) is 6.92 Å². The topological polar surface area (TPSA) is 61.4 Å². The summed E-state index contributed by atoms with van der Waals surface area (Å²) in [7, 11) is 0. The third-order valence-electron chi connectivity index (χ3n) is 4.66. The van der Waals surface area contributed by atoms with Crippen molar-refractivity contribution in [1.82, 2.24) is 0 Å². The van der Waals surface area contributed by atoms with E-state index in [-0.39, 0.29) is 11.8 Å². The summed E-state index contributed by atoms with van der Waals surface area (Å²) in [5, 5.41) is 5.81. The van der Waals surface area contributed by atoms with Crippen LogP contribution in [-0.2, 0) is 16.0 Å². The van der Waals surface area contributed by atoms with Gasteiger partial charge < -0.3 is 15.5 Å². The molecule has 2 amide bonds. The molecule has 0 radical (unpaired) electrons. The highest BCUT2D eigenvalue weighted by Gasteiger charge is 2.18. The molecule has 0 spiro atoms. The molecule has 1 aliphatic heterocycles. The Kier molecular flexibility index (Phi) is 5.56. The van der Waals surface area contributed by atoms with Gasteiger partial charge in [0.1, 0.15) is 0 Å². The summed E-state index contributed by atoms with van der Waals surface area (Å²) in [6.07, 6.45) is 2.54. The number of carbonyl (C=O) groups is 2. The number of nitrogens with one attached hydrogen (secondary N) is 2. The van der Waals surface area contributed by atoms with Gasteiger partial charge in [-0.25, -0.2) is 0 Å². The Bertz CT molecular complexity index is 817. The molecule has 26 heavy (non-hydrogen) atoms. The molecule has 5 heteroatoms. The highest BCUT2D eigenvalue weighted by molar-refractivity contribution is 5.96. The van der Waals surface area contributed by atoms with Crippen LogP contribution in [0.2, 0.25) is 0 Å². The number of carbonyl (C=O) groups excluding carboxylic acids is 2. The minimum absolute atomic E-state index is 0.0403. The first-order valence-electron chi connectivity index (χ1n) is 9.10. The lowest BCUT2D eigenvalue weighted by molar-refractivity contribution is -0.116. The predicted molar refractivity (Wildman–Crippen MR) is 106 cm³/mol. The summed E-state index contributed by atoms with van der Waals surface area (Å²) in [6.45, 7) is 4.95. The molecule has 0 saturated heterocycles. The van der Waals surface area contributed by atoms with E-state index in [0.29, 0.717) is 18.7 Å². The summed E-state index contributed by atoms with van der Waals surface area (Å²) in [6, 6.07) is 13.8. The van der Waals surface area contributed by atoms with Crippen molar-refractivity contribution >= 4 is 28.9 Å². The van der Waals surface area contributed by atoms with E-state index in [1.165, 1.54) is 5.56 Å². The first-order valence-corrected chi connectivity index (χ1v) is 9.10. The molecule has 136 valence electrons. The fraction of sp³-hybridized carbons (Fsp3) is 0.333. The van der Waals surface area contributed by atoms with Gasteiger partial charge in [0.05, 0.1) is 6.54 Å². The molecule has 2 aromatic rings. The normalized spacial score (nSPS) is 13.1. The molecule has 3 rings (SSSR count). The second kappa shape index (κ2) is 8.04. The van der Waals surface area contributed by atoms with Crippen LogP contribution >= 0.6 is 0 Å². The van der Waals surface area contributed by atoms with Gasteiger partial charge >= 0.3 is 0 Å². The predicted octanol–water partition coefficient (Wildman–Crippen LogP) is 3.73. The summed E-state index contributed by atoms with van der Waals surface area (Å²) in [5.41, 5.74) is 4.84. The van der Waals surface area contributed by atoms with Crippen molar-refractivity contribution in [3.63, 3.8) is 0 Å². The minimum atomic E-state index is -0.0571. The third-order valence-corrected chi connectivity index (χ3v) is 4.66. The SMILES string of the molecule is CCC(=O)Nc1cc(NC(=O)CN2CCCc3ccccc32)ccc1C. The van der Waals surface area contributed by atoms with Crippen molar-refractivity contribution in [2.24, 2.45) is 0 Å². The second-order valence-corrected chi connectivity index (χ2v) is 6.63. The van der Waals surface area contributed by atoms with E-state index in [0.717, 1.165) is 36.3 Å². The number of nitrogens with zero attached hydrogens (tertiary/aromatic N) is 1. The maximum absolute atomic E-state index is 12.5. The number of fused-ring (bicyclic) bond motifs is 1. The maximum atomic E-state index is 12.5. The van der Waals surface area contributed by atoms with E-state index in [1.807, 2.05) is 44.2 Å². The highest BCUT2D eigenvalue weighted by Crippen LogP contribution is 2.26. The molecule has 2 N–H and O–H groups in total. The zero-order valence-corrected chi connectivity index (χ0v) is 15.3. The molecular formula is C21H25N3O2. The first kappa shape index (κ1) is 18.0. The molecule has 0 aromatic heterocycles. The van der Waals surface area contributed by atoms with E-state index in [1.54, 1.807) is 0 Å². The van der Waals surface area contributed by atoms with Gasteiger partial charge in [0.25, 0.3) is 0 Å². The van der Waals surface area contributed by atoms with Crippen molar-refractivity contribution in [2.75, 3.05) is 28.6 Å². The molecule has 0 saturated carbocycles. The monoisotopic (exact) mass is 351 g/mol. The molecule has 0 unspecified atom stereocenters. The lowest BCUT2D eigenvalue weighted by atomic mass is 10.0. The van der Waals surface area contributed by atoms with E-state index in [2.05, 4.69) is 27.7 Å². The van der Waals surface area contributed by atoms with Gasteiger partial charge in [-0.3, -0.25) is 9.59 Å². The maximum Gasteiger partial charge on any atom is 0.243 e. The Morgan fingerprint density at radius 3 is 2.69 bits per heavy atom. The molecule has 0 atom stereocenters. The van der Waals surface area contributed by atoms with Crippen molar-refractivity contribution in [1.29, 1.82) is 0 Å². The van der Waals surface area contributed by atoms with Gasteiger partial charge in [-0.05, 0) is 49.1 Å². The van der Waals surface area contributed by atoms with E-state index < -0.39 is 0 Å². The van der Waals surface area contributed by atoms with Crippen LogP contribution in [0.1, 0.15) is 30.9 Å². The smallest absolute Gasteiger partial charge is 0.243 e. The van der Waals surface area contributed by atoms with Crippen LogP contribution in [0.3, 0.4) is 0 Å². The minimum Gasteiger partial charge on any atom is -0.362 e. The summed E-state index contributed by atoms with van der Waals surface area (Å²) >= 11 is 0. The van der Waals surface area contributed by atoms with Crippen molar-refractivity contribution in [3.8, 4) is 0 Å². The molecule has 0 fully saturated rings. The average molecular weight is 351 g/mol. The number of rotatable bonds is 5. The molecule has 0 aliphatic carbocycles. The average Bonchev–Trinajstić information content (AvgIpc) is 2.64. The fourth-order valence-corrected chi connectivity index (χ4v) is 3.22. The number of hydrogen-bond donors (Lipinski definition) is 2. The number of benzene rings is 2. The molecule has 1 aliphatic rings. The van der Waals surface area contributed by atoms with Crippen LogP contribution in [0.5, 0.6) is 0 Å². The van der Waals surface area contributed by atoms with Gasteiger partial charge in [-0.15, -0.1) is 0 Å². The van der Waals surface area contributed by atoms with Gasteiger partial charge in [-0.2, -0.15) is 0 Å². The first-order chi connectivity index (χ1) is 12.6. The zero-order valence-electron chi connectivity index (χ0n) is 15.3. The third kappa shape index (κ3) is 4.23.